The molecule has 0 fully saturated rings. The first-order chi connectivity index (χ1) is 19.7. The van der Waals surface area contributed by atoms with Crippen LogP contribution < -0.4 is 9.13 Å². The number of hydrogen-bond acceptors (Lipinski definition) is 2. The van der Waals surface area contributed by atoms with E-state index in [0.29, 0.717) is 0 Å². The van der Waals surface area contributed by atoms with Crippen LogP contribution in [0.25, 0.3) is 0 Å². The molecule has 3 heterocycles. The minimum absolute atomic E-state index is 0.825. The van der Waals surface area contributed by atoms with E-state index in [1.807, 2.05) is 43.8 Å². The van der Waals surface area contributed by atoms with Crippen molar-refractivity contribution in [3.8, 4) is 0 Å². The van der Waals surface area contributed by atoms with Gasteiger partial charge in [-0.25, -0.2) is 14.1 Å². The van der Waals surface area contributed by atoms with Crippen LogP contribution in [0.4, 0.5) is 0 Å². The Morgan fingerprint density at radius 1 is 0.650 bits per heavy atom. The summed E-state index contributed by atoms with van der Waals surface area (Å²) in [5.74, 6) is 0. The number of rotatable bonds is 12. The van der Waals surface area contributed by atoms with Gasteiger partial charge in [-0.05, 0) is 33.4 Å². The van der Waals surface area contributed by atoms with E-state index in [1.54, 1.807) is 0 Å². The molecule has 0 bridgehead atoms. The van der Waals surface area contributed by atoms with E-state index in [0.717, 1.165) is 39.3 Å². The number of aromatic amines is 2. The van der Waals surface area contributed by atoms with Gasteiger partial charge in [0.05, 0.1) is 6.33 Å². The Bertz CT molecular complexity index is 1410. The van der Waals surface area contributed by atoms with Crippen molar-refractivity contribution in [2.24, 2.45) is 0 Å². The Balaban J connectivity index is 1.22. The zero-order valence-corrected chi connectivity index (χ0v) is 22.6. The molecule has 0 spiro atoms. The molecule has 200 valence electrons. The topological polar surface area (TPSA) is 60.4 Å². The molecule has 0 aliphatic carbocycles. The van der Waals surface area contributed by atoms with E-state index in [9.17, 15) is 0 Å². The number of nitrogens with one attached hydrogen (secondary N) is 2. The monoisotopic (exact) mass is 529 g/mol. The highest BCUT2D eigenvalue weighted by Gasteiger charge is 2.12. The van der Waals surface area contributed by atoms with Crippen LogP contribution in [0.3, 0.4) is 0 Å². The molecule has 0 saturated heterocycles. The smallest absolute Gasteiger partial charge is 0.241 e. The summed E-state index contributed by atoms with van der Waals surface area (Å²) in [6.07, 6.45) is 17.7. The second-order valence-corrected chi connectivity index (χ2v) is 10.4. The van der Waals surface area contributed by atoms with Crippen molar-refractivity contribution in [1.82, 2.24) is 24.4 Å². The molecule has 0 atom stereocenters. The van der Waals surface area contributed by atoms with E-state index >= 15 is 0 Å². The van der Waals surface area contributed by atoms with Gasteiger partial charge in [0.15, 0.2) is 0 Å². The van der Waals surface area contributed by atoms with Crippen molar-refractivity contribution in [3.63, 3.8) is 0 Å². The summed E-state index contributed by atoms with van der Waals surface area (Å²) in [5.41, 5.74) is 7.84. The third-order valence-corrected chi connectivity index (χ3v) is 7.05. The summed E-state index contributed by atoms with van der Waals surface area (Å²) in [4.78, 5) is 13.0. The number of aromatic nitrogens is 6. The van der Waals surface area contributed by atoms with E-state index < -0.39 is 0 Å². The minimum Gasteiger partial charge on any atom is -0.333 e. The highest BCUT2D eigenvalue weighted by atomic mass is 15.1. The number of hydrogen-bond donors (Lipinski definition) is 2. The van der Waals surface area contributed by atoms with Gasteiger partial charge >= 0.3 is 0 Å². The molecule has 0 unspecified atom stereocenters. The number of nitrogens with zero attached hydrogens (tertiary/aromatic N) is 5. The van der Waals surface area contributed by atoms with E-state index in [4.69, 9.17) is 0 Å². The lowest BCUT2D eigenvalue weighted by Gasteiger charge is -2.24. The second kappa shape index (κ2) is 12.4. The summed E-state index contributed by atoms with van der Waals surface area (Å²) in [7, 11) is 0. The molecule has 0 aliphatic heterocycles. The van der Waals surface area contributed by atoms with Crippen LogP contribution in [0.1, 0.15) is 33.4 Å². The number of H-pyrrole nitrogens is 2. The summed E-state index contributed by atoms with van der Waals surface area (Å²) in [5, 5.41) is 0. The van der Waals surface area contributed by atoms with Gasteiger partial charge in [-0.15, -0.1) is 0 Å². The molecular formula is C33H35N7+2. The lowest BCUT2D eigenvalue weighted by Crippen LogP contribution is -2.31. The highest BCUT2D eigenvalue weighted by Crippen LogP contribution is 2.18. The number of imidazole rings is 3. The Labute approximate surface area is 235 Å². The largest absolute Gasteiger partial charge is 0.333 e. The lowest BCUT2D eigenvalue weighted by atomic mass is 10.1. The molecule has 0 aliphatic rings. The SMILES string of the molecule is c1cc(CN(Cc2cccc(C[n+]3cc[nH]c3)c2)Cc2cccc(C[n+]3cc[nH]c3)c2)cc(Cn2ccnc2)c1. The first-order valence-corrected chi connectivity index (χ1v) is 13.7. The van der Waals surface area contributed by atoms with Gasteiger partial charge in [0, 0.05) is 38.6 Å². The van der Waals surface area contributed by atoms with E-state index in [2.05, 4.69) is 119 Å². The molecule has 7 nitrogen and oxygen atoms in total. The maximum atomic E-state index is 4.19. The van der Waals surface area contributed by atoms with Gasteiger partial charge in [-0.2, -0.15) is 0 Å². The molecule has 0 saturated carbocycles. The average Bonchev–Trinajstić information content (AvgIpc) is 3.75. The second-order valence-electron chi connectivity index (χ2n) is 10.4. The molecule has 7 heteroatoms. The fourth-order valence-corrected chi connectivity index (χ4v) is 5.27. The van der Waals surface area contributed by atoms with Crippen LogP contribution in [-0.4, -0.2) is 24.4 Å². The van der Waals surface area contributed by atoms with Crippen molar-refractivity contribution in [1.29, 1.82) is 0 Å². The van der Waals surface area contributed by atoms with Crippen LogP contribution in [0, 0.1) is 0 Å². The third-order valence-electron chi connectivity index (χ3n) is 7.05. The summed E-state index contributed by atoms with van der Waals surface area (Å²) in [6, 6.07) is 26.8. The van der Waals surface area contributed by atoms with Gasteiger partial charge in [0.1, 0.15) is 37.9 Å². The van der Waals surface area contributed by atoms with E-state index in [1.165, 1.54) is 33.4 Å². The molecule has 2 N–H and O–H groups in total. The number of benzene rings is 3. The quantitative estimate of drug-likeness (QED) is 0.230. The first-order valence-electron chi connectivity index (χ1n) is 13.7. The minimum atomic E-state index is 0.825. The zero-order valence-electron chi connectivity index (χ0n) is 22.6. The Morgan fingerprint density at radius 3 is 1.62 bits per heavy atom. The predicted molar refractivity (Wildman–Crippen MR) is 154 cm³/mol. The molecule has 6 rings (SSSR count). The van der Waals surface area contributed by atoms with Crippen molar-refractivity contribution >= 4 is 0 Å². The molecule has 3 aromatic heterocycles. The third kappa shape index (κ3) is 7.01. The fourth-order valence-electron chi connectivity index (χ4n) is 5.27. The molecule has 6 aromatic rings. The normalized spacial score (nSPS) is 11.3. The molecule has 0 amide bonds. The Kier molecular flexibility index (Phi) is 7.92. The van der Waals surface area contributed by atoms with E-state index in [-0.39, 0.29) is 0 Å². The maximum Gasteiger partial charge on any atom is 0.241 e. The van der Waals surface area contributed by atoms with Crippen LogP contribution in [0.15, 0.2) is 129 Å². The fraction of sp³-hybridized carbons (Fsp3) is 0.182. The maximum absolute atomic E-state index is 4.19. The Hall–Kier alpha value is -4.75. The van der Waals surface area contributed by atoms with Gasteiger partial charge < -0.3 is 4.57 Å². The van der Waals surface area contributed by atoms with Gasteiger partial charge in [0.25, 0.3) is 0 Å². The van der Waals surface area contributed by atoms with Gasteiger partial charge in [0.2, 0.25) is 12.7 Å². The standard InChI is InChI=1S/C33H33N7/c1-4-28(19-37-13-10-34-25-37)16-31(7-1)22-40(23-32-8-2-5-29(17-32)20-38-14-11-35-26-38)24-33-9-3-6-30(18-33)21-39-15-12-36-27-39/h1-18,25-27H,19-24H2/p+2. The van der Waals surface area contributed by atoms with Crippen molar-refractivity contribution in [3.05, 3.63) is 162 Å². The van der Waals surface area contributed by atoms with Crippen molar-refractivity contribution < 1.29 is 9.13 Å². The summed E-state index contributed by atoms with van der Waals surface area (Å²) >= 11 is 0. The lowest BCUT2D eigenvalue weighted by molar-refractivity contribution is -0.687. The van der Waals surface area contributed by atoms with Crippen molar-refractivity contribution in [2.75, 3.05) is 0 Å². The van der Waals surface area contributed by atoms with Crippen LogP contribution in [0.2, 0.25) is 0 Å². The molecular weight excluding hydrogens is 494 g/mol. The van der Waals surface area contributed by atoms with Crippen LogP contribution in [-0.2, 0) is 39.3 Å². The van der Waals surface area contributed by atoms with Crippen LogP contribution >= 0.6 is 0 Å². The zero-order chi connectivity index (χ0) is 27.0. The predicted octanol–water partition coefficient (Wildman–Crippen LogP) is 4.46. The van der Waals surface area contributed by atoms with Gasteiger partial charge in [-0.3, -0.25) is 14.9 Å². The summed E-state index contributed by atoms with van der Waals surface area (Å²) < 4.78 is 6.44. The van der Waals surface area contributed by atoms with Gasteiger partial charge in [-0.1, -0.05) is 72.8 Å². The molecule has 40 heavy (non-hydrogen) atoms. The van der Waals surface area contributed by atoms with Crippen molar-refractivity contribution in [2.45, 2.75) is 39.3 Å². The Morgan fingerprint density at radius 2 is 1.15 bits per heavy atom. The molecule has 0 radical (unpaired) electrons. The molecule has 3 aromatic carbocycles. The highest BCUT2D eigenvalue weighted by molar-refractivity contribution is 5.27. The van der Waals surface area contributed by atoms with Crippen LogP contribution in [0.5, 0.6) is 0 Å². The average molecular weight is 530 g/mol. The first kappa shape index (κ1) is 25.5. The summed E-state index contributed by atoms with van der Waals surface area (Å²) in [6.45, 7) is 5.14.